The number of nitrogens with zero attached hydrogens (tertiary/aromatic N) is 3. The minimum atomic E-state index is -0.248. The molecule has 2 heterocycles. The van der Waals surface area contributed by atoms with Crippen molar-refractivity contribution in [3.63, 3.8) is 0 Å². The maximum absolute atomic E-state index is 12.2. The van der Waals surface area contributed by atoms with Crippen molar-refractivity contribution in [2.75, 3.05) is 17.2 Å². The minimum absolute atomic E-state index is 0.242. The zero-order valence-electron chi connectivity index (χ0n) is 12.2. The number of carbonyl (C=O) groups is 1. The Bertz CT molecular complexity index is 638. The molecule has 0 aliphatic carbocycles. The first-order chi connectivity index (χ1) is 9.99. The average Bonchev–Trinajstić information content (AvgIpc) is 2.87. The van der Waals surface area contributed by atoms with E-state index in [1.165, 1.54) is 6.07 Å². The van der Waals surface area contributed by atoms with Crippen LogP contribution in [0.1, 0.15) is 37.2 Å². The number of halogens is 1. The fourth-order valence-electron chi connectivity index (χ4n) is 1.79. The van der Waals surface area contributed by atoms with Crippen molar-refractivity contribution in [3.05, 3.63) is 35.2 Å². The third-order valence-corrected chi connectivity index (χ3v) is 3.00. The molecule has 0 aromatic carbocycles. The standard InChI is InChI=1S/C14H18ClN5O/c1-4-16-13-6-10(5-12(15)19-13)14(21)18-11-7-17-20(8-11)9(2)3/h5-9H,4H2,1-3H3,(H,16,19)(H,18,21). The topological polar surface area (TPSA) is 71.8 Å². The number of hydrogen-bond acceptors (Lipinski definition) is 4. The van der Waals surface area contributed by atoms with Crippen molar-refractivity contribution in [3.8, 4) is 0 Å². The van der Waals surface area contributed by atoms with E-state index in [4.69, 9.17) is 11.6 Å². The molecule has 112 valence electrons. The highest BCUT2D eigenvalue weighted by Crippen LogP contribution is 2.17. The SMILES string of the molecule is CCNc1cc(C(=O)Nc2cnn(C(C)C)c2)cc(Cl)n1. The molecular formula is C14H18ClN5O. The summed E-state index contributed by atoms with van der Waals surface area (Å²) in [5.41, 5.74) is 1.09. The van der Waals surface area contributed by atoms with Crippen LogP contribution in [0.3, 0.4) is 0 Å². The molecule has 2 aromatic rings. The van der Waals surface area contributed by atoms with Crippen LogP contribution in [-0.4, -0.2) is 27.2 Å². The monoisotopic (exact) mass is 307 g/mol. The Morgan fingerprint density at radius 3 is 2.81 bits per heavy atom. The van der Waals surface area contributed by atoms with Crippen LogP contribution in [0.5, 0.6) is 0 Å². The van der Waals surface area contributed by atoms with Crippen LogP contribution >= 0.6 is 11.6 Å². The number of amides is 1. The molecule has 2 N–H and O–H groups in total. The molecule has 0 fully saturated rings. The van der Waals surface area contributed by atoms with Gasteiger partial charge in [0.1, 0.15) is 11.0 Å². The lowest BCUT2D eigenvalue weighted by Gasteiger charge is -2.07. The van der Waals surface area contributed by atoms with E-state index in [0.29, 0.717) is 23.6 Å². The van der Waals surface area contributed by atoms with Gasteiger partial charge in [0, 0.05) is 24.3 Å². The predicted molar refractivity (Wildman–Crippen MR) is 84.0 cm³/mol. The van der Waals surface area contributed by atoms with Crippen molar-refractivity contribution >= 4 is 29.0 Å². The van der Waals surface area contributed by atoms with E-state index < -0.39 is 0 Å². The predicted octanol–water partition coefficient (Wildman–Crippen LogP) is 3.20. The summed E-state index contributed by atoms with van der Waals surface area (Å²) in [6, 6.07) is 3.44. The second kappa shape index (κ2) is 6.58. The van der Waals surface area contributed by atoms with Gasteiger partial charge in [-0.15, -0.1) is 0 Å². The van der Waals surface area contributed by atoms with Gasteiger partial charge < -0.3 is 10.6 Å². The van der Waals surface area contributed by atoms with Crippen molar-refractivity contribution in [1.29, 1.82) is 0 Å². The lowest BCUT2D eigenvalue weighted by Crippen LogP contribution is -2.13. The first-order valence-corrected chi connectivity index (χ1v) is 7.14. The molecule has 0 unspecified atom stereocenters. The maximum atomic E-state index is 12.2. The molecule has 21 heavy (non-hydrogen) atoms. The second-order valence-corrected chi connectivity index (χ2v) is 5.24. The summed E-state index contributed by atoms with van der Waals surface area (Å²) in [7, 11) is 0. The quantitative estimate of drug-likeness (QED) is 0.832. The van der Waals surface area contributed by atoms with E-state index in [9.17, 15) is 4.79 Å². The smallest absolute Gasteiger partial charge is 0.255 e. The summed E-state index contributed by atoms with van der Waals surface area (Å²) in [6.45, 7) is 6.69. The van der Waals surface area contributed by atoms with E-state index in [-0.39, 0.29) is 17.1 Å². The maximum Gasteiger partial charge on any atom is 0.255 e. The summed E-state index contributed by atoms with van der Waals surface area (Å²) in [6.07, 6.45) is 3.41. The Hall–Kier alpha value is -2.08. The van der Waals surface area contributed by atoms with Gasteiger partial charge in [-0.05, 0) is 32.9 Å². The Morgan fingerprint density at radius 2 is 2.19 bits per heavy atom. The highest BCUT2D eigenvalue weighted by atomic mass is 35.5. The zero-order chi connectivity index (χ0) is 15.4. The van der Waals surface area contributed by atoms with Crippen LogP contribution in [0.2, 0.25) is 5.15 Å². The Balaban J connectivity index is 2.15. The number of anilines is 2. The van der Waals surface area contributed by atoms with Gasteiger partial charge in [-0.25, -0.2) is 4.98 Å². The third-order valence-electron chi connectivity index (χ3n) is 2.80. The van der Waals surface area contributed by atoms with E-state index in [1.54, 1.807) is 23.1 Å². The number of rotatable bonds is 5. The Kier molecular flexibility index (Phi) is 4.80. The fraction of sp³-hybridized carbons (Fsp3) is 0.357. The fourth-order valence-corrected chi connectivity index (χ4v) is 2.00. The molecule has 1 amide bonds. The molecule has 6 nitrogen and oxygen atoms in total. The number of nitrogens with one attached hydrogen (secondary N) is 2. The molecule has 0 aliphatic heterocycles. The Morgan fingerprint density at radius 1 is 1.43 bits per heavy atom. The molecule has 0 spiro atoms. The van der Waals surface area contributed by atoms with Crippen LogP contribution < -0.4 is 10.6 Å². The van der Waals surface area contributed by atoms with Gasteiger partial charge in [0.25, 0.3) is 5.91 Å². The molecule has 0 saturated heterocycles. The molecule has 0 bridgehead atoms. The lowest BCUT2D eigenvalue weighted by atomic mass is 10.2. The van der Waals surface area contributed by atoms with Gasteiger partial charge in [-0.1, -0.05) is 11.6 Å². The van der Waals surface area contributed by atoms with Crippen LogP contribution in [0.15, 0.2) is 24.5 Å². The lowest BCUT2D eigenvalue weighted by molar-refractivity contribution is 0.102. The van der Waals surface area contributed by atoms with E-state index in [0.717, 1.165) is 0 Å². The van der Waals surface area contributed by atoms with Crippen LogP contribution in [-0.2, 0) is 0 Å². The van der Waals surface area contributed by atoms with Gasteiger partial charge in [0.05, 0.1) is 11.9 Å². The highest BCUT2D eigenvalue weighted by Gasteiger charge is 2.11. The van der Waals surface area contributed by atoms with Crippen molar-refractivity contribution in [2.45, 2.75) is 26.8 Å². The first-order valence-electron chi connectivity index (χ1n) is 6.76. The highest BCUT2D eigenvalue weighted by molar-refractivity contribution is 6.30. The number of aromatic nitrogens is 3. The molecule has 2 rings (SSSR count). The van der Waals surface area contributed by atoms with Crippen LogP contribution in [0.4, 0.5) is 11.5 Å². The summed E-state index contributed by atoms with van der Waals surface area (Å²) in [5, 5.41) is 10.3. The summed E-state index contributed by atoms with van der Waals surface area (Å²) >= 11 is 5.93. The van der Waals surface area contributed by atoms with Gasteiger partial charge in [0.2, 0.25) is 0 Å². The van der Waals surface area contributed by atoms with E-state index >= 15 is 0 Å². The van der Waals surface area contributed by atoms with Crippen LogP contribution in [0, 0.1) is 0 Å². The Labute approximate surface area is 128 Å². The van der Waals surface area contributed by atoms with Gasteiger partial charge in [-0.2, -0.15) is 5.10 Å². The molecule has 0 radical (unpaired) electrons. The molecule has 0 aliphatic rings. The second-order valence-electron chi connectivity index (χ2n) is 4.85. The van der Waals surface area contributed by atoms with Crippen molar-refractivity contribution < 1.29 is 4.79 Å². The van der Waals surface area contributed by atoms with Crippen molar-refractivity contribution in [1.82, 2.24) is 14.8 Å². The number of hydrogen-bond donors (Lipinski definition) is 2. The van der Waals surface area contributed by atoms with E-state index in [1.807, 2.05) is 20.8 Å². The number of pyridine rings is 1. The minimum Gasteiger partial charge on any atom is -0.370 e. The summed E-state index contributed by atoms with van der Waals surface area (Å²) in [4.78, 5) is 16.3. The first kappa shape index (κ1) is 15.3. The van der Waals surface area contributed by atoms with Gasteiger partial charge in [-0.3, -0.25) is 9.48 Å². The molecule has 7 heteroatoms. The molecule has 2 aromatic heterocycles. The van der Waals surface area contributed by atoms with E-state index in [2.05, 4.69) is 20.7 Å². The summed E-state index contributed by atoms with van der Waals surface area (Å²) in [5.74, 6) is 0.329. The zero-order valence-corrected chi connectivity index (χ0v) is 13.0. The van der Waals surface area contributed by atoms with Gasteiger partial charge >= 0.3 is 0 Å². The largest absolute Gasteiger partial charge is 0.370 e. The summed E-state index contributed by atoms with van der Waals surface area (Å²) < 4.78 is 1.78. The average molecular weight is 308 g/mol. The molecular weight excluding hydrogens is 290 g/mol. The molecule has 0 atom stereocenters. The van der Waals surface area contributed by atoms with Crippen LogP contribution in [0.25, 0.3) is 0 Å². The third kappa shape index (κ3) is 3.95. The molecule has 0 saturated carbocycles. The van der Waals surface area contributed by atoms with Crippen molar-refractivity contribution in [2.24, 2.45) is 0 Å². The van der Waals surface area contributed by atoms with Gasteiger partial charge in [0.15, 0.2) is 0 Å². The normalized spacial score (nSPS) is 10.7. The number of carbonyl (C=O) groups excluding carboxylic acids is 1.